The number of halogens is 1. The van der Waals surface area contributed by atoms with Gasteiger partial charge in [0.1, 0.15) is 0 Å². The smallest absolute Gasteiger partial charge is 0.332 e. The summed E-state index contributed by atoms with van der Waals surface area (Å²) in [5.74, 6) is 0. The van der Waals surface area contributed by atoms with Crippen LogP contribution in [-0.2, 0) is 25.4 Å². The van der Waals surface area contributed by atoms with Crippen LogP contribution in [-0.4, -0.2) is 31.9 Å². The Morgan fingerprint density at radius 3 is 2.58 bits per heavy atom. The van der Waals surface area contributed by atoms with Crippen molar-refractivity contribution in [1.29, 1.82) is 0 Å². The molecule has 8 heteroatoms. The van der Waals surface area contributed by atoms with Crippen LogP contribution in [0.25, 0.3) is 11.2 Å². The van der Waals surface area contributed by atoms with Crippen molar-refractivity contribution in [3.8, 4) is 0 Å². The van der Waals surface area contributed by atoms with Crippen LogP contribution in [0.2, 0.25) is 0 Å². The predicted octanol–water partition coefficient (Wildman–Crippen LogP) is 0.233. The molecule has 19 heavy (non-hydrogen) atoms. The lowest BCUT2D eigenvalue weighted by molar-refractivity contribution is 0.139. The van der Waals surface area contributed by atoms with Gasteiger partial charge in [0.05, 0.1) is 6.61 Å². The molecule has 2 aromatic rings. The van der Waals surface area contributed by atoms with E-state index in [0.717, 1.165) is 4.57 Å². The van der Waals surface area contributed by atoms with Gasteiger partial charge < -0.3 is 9.30 Å². The molecular weight excluding hydrogens is 316 g/mol. The third-order valence-corrected chi connectivity index (χ3v) is 3.56. The number of imidazole rings is 1. The van der Waals surface area contributed by atoms with Gasteiger partial charge >= 0.3 is 5.69 Å². The maximum atomic E-state index is 12.0. The molecular formula is C11H15BrN4O3. The second-order valence-corrected chi connectivity index (χ2v) is 4.82. The fraction of sp³-hybridized carbons (Fsp3) is 0.545. The minimum absolute atomic E-state index is 0.271. The maximum Gasteiger partial charge on any atom is 0.332 e. The van der Waals surface area contributed by atoms with Crippen LogP contribution in [0.1, 0.15) is 6.92 Å². The Labute approximate surface area is 117 Å². The van der Waals surface area contributed by atoms with Crippen molar-refractivity contribution in [2.24, 2.45) is 14.1 Å². The van der Waals surface area contributed by atoms with Gasteiger partial charge in [0.25, 0.3) is 5.56 Å². The summed E-state index contributed by atoms with van der Waals surface area (Å²) >= 11 is 3.31. The number of fused-ring (bicyclic) bond motifs is 1. The standard InChI is InChI=1S/C11H15BrN4O3/c1-4-19-6-5-16-8-7(13-10(16)12)9(17)15(3)11(18)14(8)2/h4-6H2,1-3H3. The third-order valence-electron chi connectivity index (χ3n) is 2.96. The number of aryl methyl sites for hydroxylation is 1. The molecule has 0 aliphatic carbocycles. The number of hydrogen-bond acceptors (Lipinski definition) is 4. The lowest BCUT2D eigenvalue weighted by Gasteiger charge is -2.09. The summed E-state index contributed by atoms with van der Waals surface area (Å²) < 4.78 is 10.0. The highest BCUT2D eigenvalue weighted by atomic mass is 79.9. The molecule has 0 saturated carbocycles. The summed E-state index contributed by atoms with van der Waals surface area (Å²) in [6, 6.07) is 0. The molecule has 104 valence electrons. The van der Waals surface area contributed by atoms with Gasteiger partial charge in [-0.05, 0) is 22.9 Å². The number of rotatable bonds is 4. The molecule has 0 radical (unpaired) electrons. The average molecular weight is 331 g/mol. The first-order chi connectivity index (χ1) is 8.99. The van der Waals surface area contributed by atoms with Gasteiger partial charge in [-0.15, -0.1) is 0 Å². The van der Waals surface area contributed by atoms with Gasteiger partial charge in [-0.2, -0.15) is 0 Å². The van der Waals surface area contributed by atoms with E-state index in [2.05, 4.69) is 20.9 Å². The molecule has 0 aliphatic rings. The van der Waals surface area contributed by atoms with Crippen molar-refractivity contribution < 1.29 is 4.74 Å². The van der Waals surface area contributed by atoms with Crippen LogP contribution in [0, 0.1) is 0 Å². The van der Waals surface area contributed by atoms with E-state index >= 15 is 0 Å². The minimum Gasteiger partial charge on any atom is -0.380 e. The minimum atomic E-state index is -0.394. The van der Waals surface area contributed by atoms with E-state index in [1.807, 2.05) is 6.92 Å². The molecule has 2 rings (SSSR count). The zero-order valence-electron chi connectivity index (χ0n) is 11.0. The van der Waals surface area contributed by atoms with E-state index < -0.39 is 5.56 Å². The van der Waals surface area contributed by atoms with Crippen LogP contribution >= 0.6 is 15.9 Å². The molecule has 0 bridgehead atoms. The Balaban J connectivity index is 2.69. The Morgan fingerprint density at radius 1 is 1.26 bits per heavy atom. The average Bonchev–Trinajstić information content (AvgIpc) is 2.72. The van der Waals surface area contributed by atoms with Crippen molar-refractivity contribution in [2.45, 2.75) is 13.5 Å². The van der Waals surface area contributed by atoms with E-state index in [1.165, 1.54) is 11.6 Å². The molecule has 0 atom stereocenters. The van der Waals surface area contributed by atoms with Gasteiger partial charge in [0.2, 0.25) is 0 Å². The summed E-state index contributed by atoms with van der Waals surface area (Å²) in [5, 5.41) is 0. The summed E-state index contributed by atoms with van der Waals surface area (Å²) in [4.78, 5) is 28.1. The maximum absolute atomic E-state index is 12.0. The van der Waals surface area contributed by atoms with Crippen LogP contribution in [0.4, 0.5) is 0 Å². The largest absolute Gasteiger partial charge is 0.380 e. The predicted molar refractivity (Wildman–Crippen MR) is 74.4 cm³/mol. The highest BCUT2D eigenvalue weighted by Gasteiger charge is 2.17. The SMILES string of the molecule is CCOCCn1c(Br)nc2c(=O)n(C)c(=O)n(C)c21. The number of aromatic nitrogens is 4. The van der Waals surface area contributed by atoms with Crippen molar-refractivity contribution in [2.75, 3.05) is 13.2 Å². The first kappa shape index (κ1) is 14.0. The normalized spacial score (nSPS) is 11.4. The van der Waals surface area contributed by atoms with Gasteiger partial charge in [-0.25, -0.2) is 9.78 Å². The Bertz CT molecular complexity index is 728. The molecule has 0 amide bonds. The zero-order valence-corrected chi connectivity index (χ0v) is 12.6. The van der Waals surface area contributed by atoms with Crippen LogP contribution in [0.5, 0.6) is 0 Å². The fourth-order valence-electron chi connectivity index (χ4n) is 1.96. The number of ether oxygens (including phenoxy) is 1. The van der Waals surface area contributed by atoms with E-state index in [4.69, 9.17) is 4.74 Å². The van der Waals surface area contributed by atoms with Crippen molar-refractivity contribution in [1.82, 2.24) is 18.7 Å². The summed E-state index contributed by atoms with van der Waals surface area (Å²) in [7, 11) is 3.06. The third kappa shape index (κ3) is 2.25. The van der Waals surface area contributed by atoms with E-state index in [9.17, 15) is 9.59 Å². The lowest BCUT2D eigenvalue weighted by Crippen LogP contribution is -2.37. The molecule has 7 nitrogen and oxygen atoms in total. The molecule has 0 unspecified atom stereocenters. The molecule has 0 saturated heterocycles. The molecule has 2 aromatic heterocycles. The van der Waals surface area contributed by atoms with Gasteiger partial charge in [0, 0.05) is 27.2 Å². The monoisotopic (exact) mass is 330 g/mol. The highest BCUT2D eigenvalue weighted by Crippen LogP contribution is 2.16. The number of nitrogens with zero attached hydrogens (tertiary/aromatic N) is 4. The topological polar surface area (TPSA) is 71.1 Å². The first-order valence-corrected chi connectivity index (χ1v) is 6.67. The molecule has 0 aliphatic heterocycles. The molecule has 0 spiro atoms. The Morgan fingerprint density at radius 2 is 1.95 bits per heavy atom. The summed E-state index contributed by atoms with van der Waals surface area (Å²) in [6.45, 7) is 3.53. The summed E-state index contributed by atoms with van der Waals surface area (Å²) in [5.41, 5.74) is 0.00386. The summed E-state index contributed by atoms with van der Waals surface area (Å²) in [6.07, 6.45) is 0. The Hall–Kier alpha value is -1.41. The first-order valence-electron chi connectivity index (χ1n) is 5.88. The van der Waals surface area contributed by atoms with Crippen molar-refractivity contribution in [3.05, 3.63) is 25.6 Å². The highest BCUT2D eigenvalue weighted by molar-refractivity contribution is 9.10. The Kier molecular flexibility index (Phi) is 3.91. The zero-order chi connectivity index (χ0) is 14.2. The van der Waals surface area contributed by atoms with E-state index in [-0.39, 0.29) is 11.2 Å². The van der Waals surface area contributed by atoms with Gasteiger partial charge in [0.15, 0.2) is 15.9 Å². The number of hydrogen-bond donors (Lipinski definition) is 0. The van der Waals surface area contributed by atoms with Crippen LogP contribution in [0.3, 0.4) is 0 Å². The van der Waals surface area contributed by atoms with Crippen LogP contribution < -0.4 is 11.2 Å². The van der Waals surface area contributed by atoms with Crippen molar-refractivity contribution >= 4 is 27.1 Å². The van der Waals surface area contributed by atoms with Crippen molar-refractivity contribution in [3.63, 3.8) is 0 Å². The molecule has 0 aromatic carbocycles. The van der Waals surface area contributed by atoms with E-state index in [1.54, 1.807) is 11.6 Å². The molecule has 2 heterocycles. The lowest BCUT2D eigenvalue weighted by atomic mass is 10.5. The fourth-order valence-corrected chi connectivity index (χ4v) is 2.48. The van der Waals surface area contributed by atoms with Gasteiger partial charge in [-0.1, -0.05) is 0 Å². The second-order valence-electron chi connectivity index (χ2n) is 4.11. The van der Waals surface area contributed by atoms with E-state index in [0.29, 0.717) is 30.1 Å². The molecule has 0 N–H and O–H groups in total. The quantitative estimate of drug-likeness (QED) is 0.594. The van der Waals surface area contributed by atoms with Gasteiger partial charge in [-0.3, -0.25) is 13.9 Å². The van der Waals surface area contributed by atoms with Crippen LogP contribution in [0.15, 0.2) is 14.3 Å². The second kappa shape index (κ2) is 5.30. The molecule has 0 fully saturated rings.